The van der Waals surface area contributed by atoms with Crippen molar-refractivity contribution in [3.05, 3.63) is 33.8 Å². The van der Waals surface area contributed by atoms with Gasteiger partial charge in [0, 0.05) is 23.0 Å². The Kier molecular flexibility index (Phi) is 8.81. The number of hydrogen-bond donors (Lipinski definition) is 2. The van der Waals surface area contributed by atoms with Crippen LogP contribution in [0.3, 0.4) is 0 Å². The average Bonchev–Trinajstić information content (AvgIpc) is 2.50. The van der Waals surface area contributed by atoms with Gasteiger partial charge in [0.05, 0.1) is 13.2 Å². The van der Waals surface area contributed by atoms with Crippen LogP contribution in [0.1, 0.15) is 44.2 Å². The fourth-order valence-corrected chi connectivity index (χ4v) is 2.63. The zero-order chi connectivity index (χ0) is 17.2. The van der Waals surface area contributed by atoms with Crippen LogP contribution in [0.4, 0.5) is 0 Å². The molecule has 0 bridgehead atoms. The zero-order valence-electron chi connectivity index (χ0n) is 13.4. The lowest BCUT2D eigenvalue weighted by Crippen LogP contribution is -2.34. The summed E-state index contributed by atoms with van der Waals surface area (Å²) in [5.74, 6) is 0.194. The van der Waals surface area contributed by atoms with Gasteiger partial charge >= 0.3 is 5.97 Å². The van der Waals surface area contributed by atoms with E-state index in [1.807, 2.05) is 13.0 Å². The van der Waals surface area contributed by atoms with Gasteiger partial charge in [-0.1, -0.05) is 35.7 Å². The van der Waals surface area contributed by atoms with Crippen molar-refractivity contribution in [2.45, 2.75) is 38.6 Å². The summed E-state index contributed by atoms with van der Waals surface area (Å²) in [7, 11) is 1.40. The highest BCUT2D eigenvalue weighted by Crippen LogP contribution is 2.25. The molecular formula is C16H23Cl2N3O2. The number of esters is 1. The van der Waals surface area contributed by atoms with Gasteiger partial charge in [0.15, 0.2) is 5.96 Å². The number of carbonyl (C=O) groups is 1. The van der Waals surface area contributed by atoms with Crippen molar-refractivity contribution in [3.63, 3.8) is 0 Å². The zero-order valence-corrected chi connectivity index (χ0v) is 15.0. The molecule has 128 valence electrons. The monoisotopic (exact) mass is 359 g/mol. The minimum Gasteiger partial charge on any atom is -0.469 e. The SMILES string of the molecule is COC(=O)CCCCCN=C(N)NC(C)c1ccc(Cl)cc1Cl. The number of unbranched alkanes of at least 4 members (excludes halogenated alkanes) is 2. The molecule has 0 saturated carbocycles. The second kappa shape index (κ2) is 10.3. The molecule has 0 aliphatic heterocycles. The van der Waals surface area contributed by atoms with E-state index < -0.39 is 0 Å². The molecule has 0 amide bonds. The van der Waals surface area contributed by atoms with E-state index in [1.54, 1.807) is 12.1 Å². The Morgan fingerprint density at radius 2 is 2.09 bits per heavy atom. The number of benzene rings is 1. The van der Waals surface area contributed by atoms with E-state index in [9.17, 15) is 4.79 Å². The lowest BCUT2D eigenvalue weighted by atomic mass is 10.1. The number of guanidine groups is 1. The van der Waals surface area contributed by atoms with E-state index in [4.69, 9.17) is 28.9 Å². The fourth-order valence-electron chi connectivity index (χ4n) is 2.06. The largest absolute Gasteiger partial charge is 0.469 e. The number of halogens is 2. The summed E-state index contributed by atoms with van der Waals surface area (Å²) in [5, 5.41) is 4.29. The molecule has 5 nitrogen and oxygen atoms in total. The van der Waals surface area contributed by atoms with Crippen molar-refractivity contribution < 1.29 is 9.53 Å². The van der Waals surface area contributed by atoms with Gasteiger partial charge in [-0.2, -0.15) is 0 Å². The van der Waals surface area contributed by atoms with Gasteiger partial charge < -0.3 is 15.8 Å². The first kappa shape index (κ1) is 19.6. The Morgan fingerprint density at radius 1 is 1.35 bits per heavy atom. The second-order valence-corrected chi connectivity index (χ2v) is 6.03. The normalized spacial score (nSPS) is 12.8. The summed E-state index contributed by atoms with van der Waals surface area (Å²) in [6, 6.07) is 5.28. The Bertz CT molecular complexity index is 550. The predicted molar refractivity (Wildman–Crippen MR) is 95.0 cm³/mol. The van der Waals surface area contributed by atoms with Crippen molar-refractivity contribution in [1.82, 2.24) is 5.32 Å². The maximum atomic E-state index is 11.0. The molecule has 0 fully saturated rings. The summed E-state index contributed by atoms with van der Waals surface area (Å²) >= 11 is 12.0. The van der Waals surface area contributed by atoms with E-state index in [-0.39, 0.29) is 12.0 Å². The third-order valence-electron chi connectivity index (χ3n) is 3.34. The first-order valence-corrected chi connectivity index (χ1v) is 8.28. The lowest BCUT2D eigenvalue weighted by molar-refractivity contribution is -0.140. The van der Waals surface area contributed by atoms with Gasteiger partial charge in [0.2, 0.25) is 0 Å². The number of ether oxygens (including phenoxy) is 1. The smallest absolute Gasteiger partial charge is 0.305 e. The third-order valence-corrected chi connectivity index (χ3v) is 3.90. The van der Waals surface area contributed by atoms with Gasteiger partial charge in [0.1, 0.15) is 0 Å². The molecule has 1 rings (SSSR count). The molecule has 0 radical (unpaired) electrons. The summed E-state index contributed by atoms with van der Waals surface area (Å²) in [6.45, 7) is 2.56. The third kappa shape index (κ3) is 7.57. The summed E-state index contributed by atoms with van der Waals surface area (Å²) in [5.41, 5.74) is 6.78. The average molecular weight is 360 g/mol. The number of hydrogen-bond acceptors (Lipinski definition) is 3. The van der Waals surface area contributed by atoms with Crippen LogP contribution in [0.2, 0.25) is 10.0 Å². The quantitative estimate of drug-likeness (QED) is 0.321. The minimum atomic E-state index is -0.177. The molecular weight excluding hydrogens is 337 g/mol. The van der Waals surface area contributed by atoms with Gasteiger partial charge in [-0.25, -0.2) is 0 Å². The maximum absolute atomic E-state index is 11.0. The van der Waals surface area contributed by atoms with Crippen LogP contribution in [0.25, 0.3) is 0 Å². The molecule has 3 N–H and O–H groups in total. The molecule has 1 aromatic rings. The molecule has 7 heteroatoms. The van der Waals surface area contributed by atoms with E-state index in [2.05, 4.69) is 15.0 Å². The van der Waals surface area contributed by atoms with E-state index in [1.165, 1.54) is 7.11 Å². The Hall–Kier alpha value is -1.46. The Morgan fingerprint density at radius 3 is 2.74 bits per heavy atom. The Balaban J connectivity index is 2.34. The van der Waals surface area contributed by atoms with Crippen molar-refractivity contribution in [2.24, 2.45) is 10.7 Å². The van der Waals surface area contributed by atoms with Crippen LogP contribution in [0.5, 0.6) is 0 Å². The van der Waals surface area contributed by atoms with Crippen LogP contribution in [-0.4, -0.2) is 25.6 Å². The molecule has 1 atom stereocenters. The first-order chi connectivity index (χ1) is 10.9. The Labute approximate surface area is 147 Å². The van der Waals surface area contributed by atoms with Crippen LogP contribution in [-0.2, 0) is 9.53 Å². The topological polar surface area (TPSA) is 76.7 Å². The van der Waals surface area contributed by atoms with Gasteiger partial charge in [0.25, 0.3) is 0 Å². The van der Waals surface area contributed by atoms with Crippen molar-refractivity contribution >= 4 is 35.1 Å². The fraction of sp³-hybridized carbons (Fsp3) is 0.500. The number of aliphatic imine (C=N–C) groups is 1. The molecule has 1 aromatic carbocycles. The van der Waals surface area contributed by atoms with Crippen molar-refractivity contribution in [1.29, 1.82) is 0 Å². The maximum Gasteiger partial charge on any atom is 0.305 e. The second-order valence-electron chi connectivity index (χ2n) is 5.19. The molecule has 0 aliphatic carbocycles. The minimum absolute atomic E-state index is 0.0668. The van der Waals surface area contributed by atoms with Crippen molar-refractivity contribution in [2.75, 3.05) is 13.7 Å². The molecule has 0 spiro atoms. The van der Waals surface area contributed by atoms with Crippen molar-refractivity contribution in [3.8, 4) is 0 Å². The van der Waals surface area contributed by atoms with Gasteiger partial charge in [-0.3, -0.25) is 9.79 Å². The number of methoxy groups -OCH3 is 1. The predicted octanol–water partition coefficient (Wildman–Crippen LogP) is 3.69. The number of nitrogens with two attached hydrogens (primary N) is 1. The number of rotatable bonds is 8. The highest BCUT2D eigenvalue weighted by atomic mass is 35.5. The molecule has 0 saturated heterocycles. The van der Waals surface area contributed by atoms with E-state index >= 15 is 0 Å². The number of nitrogens with zero attached hydrogens (tertiary/aromatic N) is 1. The molecule has 0 aliphatic rings. The highest BCUT2D eigenvalue weighted by Gasteiger charge is 2.10. The first-order valence-electron chi connectivity index (χ1n) is 7.52. The van der Waals surface area contributed by atoms with Crippen LogP contribution < -0.4 is 11.1 Å². The lowest BCUT2D eigenvalue weighted by Gasteiger charge is -2.16. The van der Waals surface area contributed by atoms with E-state index in [0.29, 0.717) is 29.0 Å². The molecule has 1 unspecified atom stereocenters. The standard InChI is InChI=1S/C16H23Cl2N3O2/c1-11(13-8-7-12(17)10-14(13)18)21-16(19)20-9-5-3-4-6-15(22)23-2/h7-8,10-11H,3-6,9H2,1-2H3,(H3,19,20,21). The molecule has 23 heavy (non-hydrogen) atoms. The summed E-state index contributed by atoms with van der Waals surface area (Å²) in [6.07, 6.45) is 3.02. The van der Waals surface area contributed by atoms with Gasteiger partial charge in [-0.15, -0.1) is 0 Å². The number of carbonyl (C=O) groups excluding carboxylic acids is 1. The van der Waals surface area contributed by atoms with Crippen LogP contribution in [0, 0.1) is 0 Å². The molecule has 0 aromatic heterocycles. The number of nitrogens with one attached hydrogen (secondary N) is 1. The van der Waals surface area contributed by atoms with Crippen LogP contribution in [0.15, 0.2) is 23.2 Å². The van der Waals surface area contributed by atoms with E-state index in [0.717, 1.165) is 24.8 Å². The van der Waals surface area contributed by atoms with Gasteiger partial charge in [-0.05, 0) is 37.5 Å². The van der Waals surface area contributed by atoms with Crippen LogP contribution >= 0.6 is 23.2 Å². The highest BCUT2D eigenvalue weighted by molar-refractivity contribution is 6.35. The summed E-state index contributed by atoms with van der Waals surface area (Å²) in [4.78, 5) is 15.2. The molecule has 0 heterocycles. The summed E-state index contributed by atoms with van der Waals surface area (Å²) < 4.78 is 4.58.